The van der Waals surface area contributed by atoms with Gasteiger partial charge in [-0.3, -0.25) is 9.69 Å². The largest absolute Gasteiger partial charge is 0.497 e. The van der Waals surface area contributed by atoms with E-state index in [2.05, 4.69) is 15.3 Å². The summed E-state index contributed by atoms with van der Waals surface area (Å²) >= 11 is 5.04. The number of nitrogens with zero attached hydrogens (tertiary/aromatic N) is 4. The molecule has 4 aromatic rings. The zero-order valence-electron chi connectivity index (χ0n) is 25.6. The van der Waals surface area contributed by atoms with Gasteiger partial charge in [-0.05, 0) is 66.4 Å². The lowest BCUT2D eigenvalue weighted by molar-refractivity contribution is -0.138. The van der Waals surface area contributed by atoms with Crippen LogP contribution in [-0.2, 0) is 11.4 Å². The van der Waals surface area contributed by atoms with Gasteiger partial charge in [0, 0.05) is 5.56 Å². The maximum atomic E-state index is 13.2. The number of aliphatic carboxylic acids is 1. The average molecular weight is 654 g/mol. The zero-order chi connectivity index (χ0) is 33.5. The summed E-state index contributed by atoms with van der Waals surface area (Å²) in [7, 11) is 1.54. The maximum Gasteiger partial charge on any atom is 0.416 e. The molecule has 1 amide bonds. The van der Waals surface area contributed by atoms with Crippen LogP contribution in [-0.4, -0.2) is 62.8 Å². The van der Waals surface area contributed by atoms with Crippen LogP contribution in [0.15, 0.2) is 88.5 Å². The lowest BCUT2D eigenvalue weighted by atomic mass is 9.95. The van der Waals surface area contributed by atoms with E-state index in [1.54, 1.807) is 36.4 Å². The second-order valence-electron chi connectivity index (χ2n) is 10.2. The van der Waals surface area contributed by atoms with Crippen LogP contribution in [0.1, 0.15) is 37.7 Å². The van der Waals surface area contributed by atoms with Gasteiger partial charge >= 0.3 is 12.1 Å². The lowest BCUT2D eigenvalue weighted by Gasteiger charge is -2.31. The number of methoxy groups -OCH3 is 1. The van der Waals surface area contributed by atoms with Crippen LogP contribution in [0.25, 0.3) is 11.5 Å². The van der Waals surface area contributed by atoms with E-state index in [-0.39, 0.29) is 30.0 Å². The van der Waals surface area contributed by atoms with E-state index >= 15 is 0 Å². The highest BCUT2D eigenvalue weighted by Crippen LogP contribution is 2.31. The summed E-state index contributed by atoms with van der Waals surface area (Å²) in [5.74, 6) is 1.40. The van der Waals surface area contributed by atoms with E-state index in [1.807, 2.05) is 56.3 Å². The Morgan fingerprint density at radius 2 is 1.63 bits per heavy atom. The third-order valence-corrected chi connectivity index (χ3v) is 6.54. The number of oxime groups is 1. The number of ether oxygens (including phenoxy) is 3. The summed E-state index contributed by atoms with van der Waals surface area (Å²) in [6.45, 7) is 3.59. The van der Waals surface area contributed by atoms with Crippen LogP contribution >= 0.6 is 11.6 Å². The zero-order valence-corrected chi connectivity index (χ0v) is 26.3. The Labute approximate surface area is 271 Å². The minimum Gasteiger partial charge on any atom is -0.497 e. The van der Waals surface area contributed by atoms with Crippen LogP contribution in [0.4, 0.5) is 4.79 Å². The Hall–Kier alpha value is -5.30. The van der Waals surface area contributed by atoms with E-state index < -0.39 is 24.6 Å². The Morgan fingerprint density at radius 3 is 2.17 bits per heavy atom. The number of aromatic nitrogens is 2. The molecule has 0 saturated heterocycles. The molecule has 4 N–H and O–H groups in total. The molecule has 0 fully saturated rings. The molecule has 244 valence electrons. The van der Waals surface area contributed by atoms with Gasteiger partial charge in [-0.15, -0.1) is 11.6 Å². The molecule has 0 radical (unpaired) electrons. The van der Waals surface area contributed by atoms with Crippen molar-refractivity contribution >= 4 is 29.5 Å². The van der Waals surface area contributed by atoms with Crippen molar-refractivity contribution in [1.82, 2.24) is 15.0 Å². The molecule has 4 rings (SSSR count). The summed E-state index contributed by atoms with van der Waals surface area (Å²) < 4.78 is 21.8. The molecule has 0 aliphatic heterocycles. The molecule has 3 aromatic carbocycles. The first-order valence-electron chi connectivity index (χ1n) is 14.1. The molecule has 46 heavy (non-hydrogen) atoms. The second-order valence-corrected chi connectivity index (χ2v) is 10.4. The van der Waals surface area contributed by atoms with E-state index in [4.69, 9.17) is 41.3 Å². The molecule has 14 heteroatoms. The second kappa shape index (κ2) is 17.9. The first-order valence-corrected chi connectivity index (χ1v) is 14.6. The smallest absolute Gasteiger partial charge is 0.416 e. The Bertz CT molecular complexity index is 1550. The minimum absolute atomic E-state index is 0.0386. The highest BCUT2D eigenvalue weighted by molar-refractivity contribution is 6.27. The number of hydrogen-bond donors (Lipinski definition) is 3. The van der Waals surface area contributed by atoms with Crippen LogP contribution < -0.4 is 19.9 Å². The number of carboxylic acid groups (broad SMARTS) is 1. The fourth-order valence-corrected chi connectivity index (χ4v) is 4.17. The fourth-order valence-electron chi connectivity index (χ4n) is 4.11. The van der Waals surface area contributed by atoms with Crippen molar-refractivity contribution < 1.29 is 38.6 Å². The van der Waals surface area contributed by atoms with Crippen molar-refractivity contribution in [2.75, 3.05) is 19.5 Å². The molecule has 1 heterocycles. The van der Waals surface area contributed by atoms with Crippen molar-refractivity contribution in [1.29, 1.82) is 0 Å². The SMILES string of the molecule is COc1ccc(OC(=O)N(CC(=O)O)[C@@H](CC(C)C)c2ccc(OCc3noc(-c4ccccc4)n3)cc2)cc1.N/C(CCl)=N\O. The number of amidine groups is 1. The topological polar surface area (TPSA) is 183 Å². The number of carboxylic acids is 1. The van der Waals surface area contributed by atoms with Crippen LogP contribution in [0, 0.1) is 5.92 Å². The molecular formula is C32H36ClN5O8. The van der Waals surface area contributed by atoms with Crippen LogP contribution in [0.2, 0.25) is 0 Å². The first kappa shape index (κ1) is 35.2. The predicted molar refractivity (Wildman–Crippen MR) is 170 cm³/mol. The minimum atomic E-state index is -1.14. The Kier molecular flexibility index (Phi) is 13.7. The first-order chi connectivity index (χ1) is 22.1. The Morgan fingerprint density at radius 1 is 1.00 bits per heavy atom. The fraction of sp³-hybridized carbons (Fsp3) is 0.281. The van der Waals surface area contributed by atoms with Gasteiger partial charge in [-0.25, -0.2) is 4.79 Å². The number of carbonyl (C=O) groups excluding carboxylic acids is 1. The van der Waals surface area contributed by atoms with Crippen molar-refractivity contribution in [2.45, 2.75) is 32.9 Å². The van der Waals surface area contributed by atoms with Crippen molar-refractivity contribution in [3.63, 3.8) is 0 Å². The molecule has 0 bridgehead atoms. The van der Waals surface area contributed by atoms with Crippen molar-refractivity contribution in [3.05, 3.63) is 90.3 Å². The number of nitrogens with two attached hydrogens (primary N) is 1. The normalized spacial score (nSPS) is 11.6. The molecule has 0 unspecified atom stereocenters. The van der Waals surface area contributed by atoms with E-state index in [1.165, 1.54) is 12.0 Å². The van der Waals surface area contributed by atoms with Crippen LogP contribution in [0.5, 0.6) is 17.2 Å². The van der Waals surface area contributed by atoms with Gasteiger partial charge in [0.25, 0.3) is 5.89 Å². The van der Waals surface area contributed by atoms with E-state index in [0.717, 1.165) is 11.1 Å². The standard InChI is InChI=1S/C30H31N3O7.C2H5ClN2O/c1-20(2)17-26(33(18-28(34)35)30(36)39-25-15-13-23(37-3)14-16-25)21-9-11-24(12-10-21)38-19-27-31-29(40-32-27)22-7-5-4-6-8-22;3-1-2(4)5-6/h4-16,20,26H,17-19H2,1-3H3,(H,34,35);6H,1H2,(H2,4,5)/t26-;/m0./s1. The summed E-state index contributed by atoms with van der Waals surface area (Å²) in [6, 6.07) is 22.5. The van der Waals surface area contributed by atoms with E-state index in [0.29, 0.717) is 29.6 Å². The van der Waals surface area contributed by atoms with Gasteiger partial charge in [0.05, 0.1) is 19.0 Å². The highest BCUT2D eigenvalue weighted by Gasteiger charge is 2.30. The Balaban J connectivity index is 0.000000875. The molecular weight excluding hydrogens is 618 g/mol. The highest BCUT2D eigenvalue weighted by atomic mass is 35.5. The summed E-state index contributed by atoms with van der Waals surface area (Å²) in [5, 5.41) is 23.8. The third kappa shape index (κ3) is 11.0. The van der Waals surface area contributed by atoms with Crippen molar-refractivity contribution in [3.8, 4) is 28.7 Å². The van der Waals surface area contributed by atoms with Gasteiger partial charge in [-0.1, -0.05) is 54.5 Å². The monoisotopic (exact) mass is 653 g/mol. The van der Waals surface area contributed by atoms with Gasteiger partial charge in [0.1, 0.15) is 23.8 Å². The van der Waals surface area contributed by atoms with Gasteiger partial charge in [0.15, 0.2) is 12.4 Å². The number of amides is 1. The van der Waals surface area contributed by atoms with Gasteiger partial charge < -0.3 is 34.8 Å². The molecule has 0 spiro atoms. The molecule has 1 aromatic heterocycles. The summed E-state index contributed by atoms with van der Waals surface area (Å²) in [6.07, 6.45) is -0.235. The van der Waals surface area contributed by atoms with Crippen molar-refractivity contribution in [2.24, 2.45) is 16.8 Å². The molecule has 0 saturated carbocycles. The number of hydrogen-bond acceptors (Lipinski definition) is 10. The quantitative estimate of drug-likeness (QED) is 0.0508. The summed E-state index contributed by atoms with van der Waals surface area (Å²) in [5.41, 5.74) is 6.41. The van der Waals surface area contributed by atoms with Gasteiger partial charge in [0.2, 0.25) is 5.82 Å². The molecule has 1 atom stereocenters. The molecule has 13 nitrogen and oxygen atoms in total. The number of rotatable bonds is 13. The maximum absolute atomic E-state index is 13.2. The number of benzene rings is 3. The third-order valence-electron chi connectivity index (χ3n) is 6.26. The molecule has 0 aliphatic rings. The summed E-state index contributed by atoms with van der Waals surface area (Å²) in [4.78, 5) is 30.5. The number of halogens is 1. The average Bonchev–Trinajstić information content (AvgIpc) is 3.55. The predicted octanol–water partition coefficient (Wildman–Crippen LogP) is 5.97. The van der Waals surface area contributed by atoms with E-state index in [9.17, 15) is 14.7 Å². The number of carbonyl (C=O) groups is 2. The van der Waals surface area contributed by atoms with Gasteiger partial charge in [-0.2, -0.15) is 4.98 Å². The lowest BCUT2D eigenvalue weighted by Crippen LogP contribution is -2.41. The molecule has 0 aliphatic carbocycles. The van der Waals surface area contributed by atoms with Crippen LogP contribution in [0.3, 0.4) is 0 Å². The number of alkyl halides is 1.